The molecule has 1 aliphatic heterocycles. The van der Waals surface area contributed by atoms with Gasteiger partial charge in [0.2, 0.25) is 0 Å². The molecule has 0 aromatic rings. The minimum atomic E-state index is -0.651. The van der Waals surface area contributed by atoms with E-state index in [9.17, 15) is 9.90 Å². The molecule has 1 aliphatic carbocycles. The van der Waals surface area contributed by atoms with Crippen LogP contribution < -0.4 is 0 Å². The summed E-state index contributed by atoms with van der Waals surface area (Å²) in [5.74, 6) is -0.651. The van der Waals surface area contributed by atoms with E-state index in [1.807, 2.05) is 0 Å². The number of carboxylic acid groups (broad SMARTS) is 1. The summed E-state index contributed by atoms with van der Waals surface area (Å²) in [5.41, 5.74) is 0.249. The molecule has 1 heterocycles. The number of hydrogen-bond acceptors (Lipinski definition) is 3. The van der Waals surface area contributed by atoms with Gasteiger partial charge in [-0.3, -0.25) is 9.69 Å². The van der Waals surface area contributed by atoms with Crippen LogP contribution in [-0.2, 0) is 4.79 Å². The minimum absolute atomic E-state index is 0.168. The van der Waals surface area contributed by atoms with Gasteiger partial charge in [0.15, 0.2) is 0 Å². The molecule has 0 amide bonds. The summed E-state index contributed by atoms with van der Waals surface area (Å²) in [4.78, 5) is 16.4. The van der Waals surface area contributed by atoms with Gasteiger partial charge < -0.3 is 10.0 Å². The smallest absolute Gasteiger partial charge is 0.305 e. The first-order chi connectivity index (χ1) is 9.54. The molecule has 0 aromatic heterocycles. The number of likely N-dealkylation sites (N-methyl/N-ethyl adjacent to an activating group) is 1. The van der Waals surface area contributed by atoms with Gasteiger partial charge in [-0.2, -0.15) is 0 Å². The molecule has 1 saturated carbocycles. The summed E-state index contributed by atoms with van der Waals surface area (Å²) in [7, 11) is 2.15. The van der Waals surface area contributed by atoms with Crippen molar-refractivity contribution < 1.29 is 9.90 Å². The van der Waals surface area contributed by atoms with Crippen LogP contribution in [0, 0.1) is 10.8 Å². The van der Waals surface area contributed by atoms with Gasteiger partial charge in [-0.15, -0.1) is 0 Å². The number of rotatable bonds is 3. The lowest BCUT2D eigenvalue weighted by Crippen LogP contribution is -2.62. The van der Waals surface area contributed by atoms with Crippen molar-refractivity contribution in [2.75, 3.05) is 33.2 Å². The first kappa shape index (κ1) is 16.8. The van der Waals surface area contributed by atoms with Gasteiger partial charge in [0.05, 0.1) is 6.42 Å². The molecule has 0 radical (unpaired) electrons. The molecule has 1 saturated heterocycles. The third-order valence-corrected chi connectivity index (χ3v) is 5.23. The maximum atomic E-state index is 11.6. The third-order valence-electron chi connectivity index (χ3n) is 5.23. The van der Waals surface area contributed by atoms with Crippen molar-refractivity contribution in [1.82, 2.24) is 9.80 Å². The van der Waals surface area contributed by atoms with Gasteiger partial charge >= 0.3 is 5.97 Å². The van der Waals surface area contributed by atoms with Gasteiger partial charge in [0.1, 0.15) is 0 Å². The molecular formula is C17H32N2O2. The van der Waals surface area contributed by atoms with E-state index in [1.54, 1.807) is 0 Å². The van der Waals surface area contributed by atoms with E-state index >= 15 is 0 Å². The molecule has 0 atom stereocenters. The van der Waals surface area contributed by atoms with Crippen LogP contribution in [-0.4, -0.2) is 59.6 Å². The van der Waals surface area contributed by atoms with Crippen molar-refractivity contribution >= 4 is 5.97 Å². The lowest BCUT2D eigenvalue weighted by Gasteiger charge is -2.57. The number of nitrogens with zero attached hydrogens (tertiary/aromatic N) is 2. The number of aliphatic carboxylic acids is 1. The highest BCUT2D eigenvalue weighted by molar-refractivity contribution is 5.68. The molecule has 0 unspecified atom stereocenters. The van der Waals surface area contributed by atoms with Crippen LogP contribution in [0.15, 0.2) is 0 Å². The SMILES string of the molecule is CN1CCN(C2(CC(=O)O)CC(C)(C)CC(C)(C)C2)CC1. The van der Waals surface area contributed by atoms with Crippen LogP contribution in [0.25, 0.3) is 0 Å². The van der Waals surface area contributed by atoms with E-state index in [0.29, 0.717) is 0 Å². The average molecular weight is 296 g/mol. The molecule has 4 heteroatoms. The Kier molecular flexibility index (Phi) is 4.42. The van der Waals surface area contributed by atoms with Crippen molar-refractivity contribution in [3.8, 4) is 0 Å². The van der Waals surface area contributed by atoms with E-state index < -0.39 is 5.97 Å². The van der Waals surface area contributed by atoms with E-state index in [2.05, 4.69) is 44.5 Å². The zero-order chi connectivity index (χ0) is 15.9. The first-order valence-corrected chi connectivity index (χ1v) is 8.19. The molecule has 122 valence electrons. The molecule has 0 aromatic carbocycles. The Hall–Kier alpha value is -0.610. The summed E-state index contributed by atoms with van der Waals surface area (Å²) < 4.78 is 0. The molecule has 2 fully saturated rings. The van der Waals surface area contributed by atoms with Crippen LogP contribution in [0.5, 0.6) is 0 Å². The largest absolute Gasteiger partial charge is 0.481 e. The van der Waals surface area contributed by atoms with Crippen LogP contribution in [0.3, 0.4) is 0 Å². The zero-order valence-corrected chi connectivity index (χ0v) is 14.4. The Morgan fingerprint density at radius 2 is 1.43 bits per heavy atom. The number of hydrogen-bond donors (Lipinski definition) is 1. The van der Waals surface area contributed by atoms with Crippen LogP contribution in [0.4, 0.5) is 0 Å². The zero-order valence-electron chi connectivity index (χ0n) is 14.4. The molecule has 21 heavy (non-hydrogen) atoms. The summed E-state index contributed by atoms with van der Waals surface area (Å²) in [6.07, 6.45) is 3.46. The number of carboxylic acids is 1. The second-order valence-corrected chi connectivity index (χ2v) is 8.94. The Labute approximate surface area is 129 Å². The molecule has 2 rings (SSSR count). The van der Waals surface area contributed by atoms with Gasteiger partial charge in [-0.25, -0.2) is 0 Å². The van der Waals surface area contributed by atoms with Gasteiger partial charge in [-0.05, 0) is 37.1 Å². The summed E-state index contributed by atoms with van der Waals surface area (Å²) in [6, 6.07) is 0. The molecular weight excluding hydrogens is 264 g/mol. The van der Waals surface area contributed by atoms with Crippen LogP contribution >= 0.6 is 0 Å². The first-order valence-electron chi connectivity index (χ1n) is 8.19. The summed E-state index contributed by atoms with van der Waals surface area (Å²) in [5, 5.41) is 9.52. The average Bonchev–Trinajstić information content (AvgIpc) is 2.23. The second kappa shape index (κ2) is 5.54. The Morgan fingerprint density at radius 3 is 1.86 bits per heavy atom. The fraction of sp³-hybridized carbons (Fsp3) is 0.941. The lowest BCUT2D eigenvalue weighted by molar-refractivity contribution is -0.145. The molecule has 1 N–H and O–H groups in total. The predicted molar refractivity (Wildman–Crippen MR) is 85.5 cm³/mol. The van der Waals surface area contributed by atoms with Crippen molar-refractivity contribution in [3.63, 3.8) is 0 Å². The fourth-order valence-corrected chi connectivity index (χ4v) is 5.29. The van der Waals surface area contributed by atoms with Crippen molar-refractivity contribution in [3.05, 3.63) is 0 Å². The normalized spacial score (nSPS) is 29.2. The van der Waals surface area contributed by atoms with Crippen LogP contribution in [0.2, 0.25) is 0 Å². The summed E-state index contributed by atoms with van der Waals surface area (Å²) in [6.45, 7) is 13.3. The van der Waals surface area contributed by atoms with Gasteiger partial charge in [0.25, 0.3) is 0 Å². The highest BCUT2D eigenvalue weighted by Crippen LogP contribution is 2.53. The summed E-state index contributed by atoms with van der Waals surface area (Å²) >= 11 is 0. The number of carbonyl (C=O) groups is 1. The molecule has 4 nitrogen and oxygen atoms in total. The number of piperazine rings is 1. The standard InChI is InChI=1S/C17H32N2O2/c1-15(2)11-16(3,4)13-17(12-15,10-14(20)21)19-8-6-18(5)7-9-19/h6-13H2,1-5H3,(H,20,21). The minimum Gasteiger partial charge on any atom is -0.481 e. The predicted octanol–water partition coefficient (Wildman–Crippen LogP) is 2.68. The van der Waals surface area contributed by atoms with Crippen molar-refractivity contribution in [2.24, 2.45) is 10.8 Å². The van der Waals surface area contributed by atoms with Gasteiger partial charge in [-0.1, -0.05) is 27.7 Å². The van der Waals surface area contributed by atoms with E-state index in [1.165, 1.54) is 6.42 Å². The third kappa shape index (κ3) is 3.98. The van der Waals surface area contributed by atoms with Gasteiger partial charge in [0, 0.05) is 31.7 Å². The van der Waals surface area contributed by atoms with E-state index in [0.717, 1.165) is 39.0 Å². The highest BCUT2D eigenvalue weighted by atomic mass is 16.4. The maximum absolute atomic E-state index is 11.6. The fourth-order valence-electron chi connectivity index (χ4n) is 5.29. The maximum Gasteiger partial charge on any atom is 0.305 e. The van der Waals surface area contributed by atoms with E-state index in [-0.39, 0.29) is 22.8 Å². The Balaban J connectivity index is 2.30. The van der Waals surface area contributed by atoms with Crippen molar-refractivity contribution in [1.29, 1.82) is 0 Å². The molecule has 0 bridgehead atoms. The quantitative estimate of drug-likeness (QED) is 0.869. The Bertz CT molecular complexity index is 380. The van der Waals surface area contributed by atoms with Crippen LogP contribution in [0.1, 0.15) is 53.4 Å². The van der Waals surface area contributed by atoms with E-state index in [4.69, 9.17) is 0 Å². The topological polar surface area (TPSA) is 43.8 Å². The second-order valence-electron chi connectivity index (χ2n) is 8.94. The monoisotopic (exact) mass is 296 g/mol. The molecule has 0 spiro atoms. The van der Waals surface area contributed by atoms with Crippen molar-refractivity contribution in [2.45, 2.75) is 58.9 Å². The molecule has 2 aliphatic rings. The Morgan fingerprint density at radius 1 is 0.952 bits per heavy atom. The highest BCUT2D eigenvalue weighted by Gasteiger charge is 2.51. The lowest BCUT2D eigenvalue weighted by atomic mass is 9.57.